The molecule has 0 amide bonds. The number of nitrogens with two attached hydrogens (primary N) is 1. The van der Waals surface area contributed by atoms with Crippen molar-refractivity contribution in [3.63, 3.8) is 0 Å². The minimum absolute atomic E-state index is 0.0375. The Kier molecular flexibility index (Phi) is 5.98. The van der Waals surface area contributed by atoms with Crippen LogP contribution in [0.4, 0.5) is 22.0 Å². The highest BCUT2D eigenvalue weighted by molar-refractivity contribution is 7.90. The van der Waals surface area contributed by atoms with E-state index in [-0.39, 0.29) is 24.8 Å². The van der Waals surface area contributed by atoms with E-state index in [4.69, 9.17) is 16.7 Å². The van der Waals surface area contributed by atoms with Crippen molar-refractivity contribution in [2.45, 2.75) is 50.0 Å². The number of hydrogen-bond donors (Lipinski definition) is 1. The summed E-state index contributed by atoms with van der Waals surface area (Å²) in [7, 11) is 0. The predicted octanol–water partition coefficient (Wildman–Crippen LogP) is 5.08. The van der Waals surface area contributed by atoms with Crippen molar-refractivity contribution >= 4 is 23.0 Å². The topological polar surface area (TPSA) is 49.1 Å². The fraction of sp³-hybridized carbons (Fsp3) is 0.625. The molecule has 2 rings (SSSR count). The average molecular weight is 404 g/mol. The molecule has 9 heteroatoms. The molecule has 0 spiro atoms. The van der Waals surface area contributed by atoms with E-state index in [1.807, 2.05) is 0 Å². The molecule has 25 heavy (non-hydrogen) atoms. The second-order valence-corrected chi connectivity index (χ2v) is 9.18. The van der Waals surface area contributed by atoms with Crippen molar-refractivity contribution in [2.24, 2.45) is 17.0 Å². The van der Waals surface area contributed by atoms with Crippen LogP contribution in [0.2, 0.25) is 5.02 Å². The molecule has 0 saturated heterocycles. The molecule has 0 heterocycles. The summed E-state index contributed by atoms with van der Waals surface area (Å²) in [4.78, 5) is 0. The zero-order valence-corrected chi connectivity index (χ0v) is 15.2. The van der Waals surface area contributed by atoms with E-state index in [1.165, 1.54) is 6.07 Å². The molecule has 1 aromatic carbocycles. The van der Waals surface area contributed by atoms with E-state index >= 15 is 0 Å². The molecular formula is C16H19ClF5NOS. The third-order valence-electron chi connectivity index (χ3n) is 4.93. The summed E-state index contributed by atoms with van der Waals surface area (Å²) in [6.07, 6.45) is -4.51. The third-order valence-corrected chi connectivity index (χ3v) is 6.53. The van der Waals surface area contributed by atoms with Crippen LogP contribution in [0.15, 0.2) is 12.1 Å². The SMILES string of the molecule is CC(C)(C[C@H](c1ccc(F)c(Cl)c1F)[C@H]1C[C@H](C(F)(F)F)C1)[S+](N)[O-]. The molecule has 0 aromatic heterocycles. The van der Waals surface area contributed by atoms with Crippen LogP contribution >= 0.6 is 11.6 Å². The number of halogens is 6. The smallest absolute Gasteiger partial charge is 0.391 e. The average Bonchev–Trinajstić information content (AvgIpc) is 2.40. The van der Waals surface area contributed by atoms with Crippen LogP contribution in [-0.2, 0) is 11.4 Å². The Morgan fingerprint density at radius 3 is 2.32 bits per heavy atom. The van der Waals surface area contributed by atoms with Gasteiger partial charge in [0.25, 0.3) is 0 Å². The molecule has 2 nitrogen and oxygen atoms in total. The standard InChI is InChI=1S/C16H19ClF5NOS/c1-15(2,25(23)24)7-11(8-5-9(6-8)16(20,21)22)10-3-4-12(18)13(17)14(10)19/h3-4,8-9,11H,5-7,23H2,1-2H3/t8-,9-,11-,25?/m0/s1. The number of alkyl halides is 3. The van der Waals surface area contributed by atoms with Crippen LogP contribution in [0.3, 0.4) is 0 Å². The van der Waals surface area contributed by atoms with E-state index in [0.29, 0.717) is 0 Å². The minimum Gasteiger partial charge on any atom is -0.598 e. The van der Waals surface area contributed by atoms with Crippen LogP contribution in [0.1, 0.15) is 44.6 Å². The van der Waals surface area contributed by atoms with Gasteiger partial charge in [0.2, 0.25) is 0 Å². The van der Waals surface area contributed by atoms with Gasteiger partial charge in [0, 0.05) is 17.8 Å². The highest BCUT2D eigenvalue weighted by atomic mass is 35.5. The second kappa shape index (κ2) is 7.21. The first-order valence-corrected chi connectivity index (χ1v) is 9.30. The van der Waals surface area contributed by atoms with Crippen LogP contribution in [0.5, 0.6) is 0 Å². The van der Waals surface area contributed by atoms with Gasteiger partial charge in [0.15, 0.2) is 0 Å². The lowest BCUT2D eigenvalue weighted by molar-refractivity contribution is -0.206. The minimum atomic E-state index is -4.30. The Morgan fingerprint density at radius 1 is 1.28 bits per heavy atom. The van der Waals surface area contributed by atoms with Crippen molar-refractivity contribution in [3.05, 3.63) is 34.4 Å². The van der Waals surface area contributed by atoms with Crippen molar-refractivity contribution < 1.29 is 26.5 Å². The molecule has 1 saturated carbocycles. The first kappa shape index (κ1) is 20.7. The Bertz CT molecular complexity index is 632. The van der Waals surface area contributed by atoms with E-state index in [1.54, 1.807) is 13.8 Å². The van der Waals surface area contributed by atoms with Gasteiger partial charge < -0.3 is 4.55 Å². The molecule has 1 aliphatic carbocycles. The fourth-order valence-corrected chi connectivity index (χ4v) is 3.74. The Hall–Kier alpha value is -0.570. The van der Waals surface area contributed by atoms with Crippen LogP contribution in [0.25, 0.3) is 0 Å². The van der Waals surface area contributed by atoms with E-state index in [2.05, 4.69) is 0 Å². The summed E-state index contributed by atoms with van der Waals surface area (Å²) in [5.41, 5.74) is 0.0375. The quantitative estimate of drug-likeness (QED) is 0.423. The van der Waals surface area contributed by atoms with Gasteiger partial charge in [-0.2, -0.15) is 18.3 Å². The summed E-state index contributed by atoms with van der Waals surface area (Å²) in [6.45, 7) is 3.19. The summed E-state index contributed by atoms with van der Waals surface area (Å²) in [5.74, 6) is -4.51. The molecule has 1 aliphatic rings. The Labute approximate surface area is 151 Å². The molecule has 1 unspecified atom stereocenters. The van der Waals surface area contributed by atoms with Crippen molar-refractivity contribution in [1.29, 1.82) is 0 Å². The molecule has 1 fully saturated rings. The molecule has 142 valence electrons. The Balaban J connectivity index is 2.33. The third kappa shape index (κ3) is 4.40. The fourth-order valence-electron chi connectivity index (χ4n) is 3.23. The molecule has 2 atom stereocenters. The monoisotopic (exact) mass is 403 g/mol. The lowest BCUT2D eigenvalue weighted by atomic mass is 9.64. The maximum atomic E-state index is 14.4. The van der Waals surface area contributed by atoms with E-state index in [9.17, 15) is 26.5 Å². The highest BCUT2D eigenvalue weighted by Crippen LogP contribution is 2.53. The lowest BCUT2D eigenvalue weighted by Gasteiger charge is -2.43. The predicted molar refractivity (Wildman–Crippen MR) is 87.4 cm³/mol. The van der Waals surface area contributed by atoms with Crippen LogP contribution < -0.4 is 5.14 Å². The zero-order valence-electron chi connectivity index (χ0n) is 13.7. The molecule has 2 N–H and O–H groups in total. The summed E-state index contributed by atoms with van der Waals surface area (Å²) < 4.78 is 77.0. The molecule has 0 radical (unpaired) electrons. The van der Waals surface area contributed by atoms with E-state index < -0.39 is 56.7 Å². The van der Waals surface area contributed by atoms with Gasteiger partial charge >= 0.3 is 6.18 Å². The Morgan fingerprint density at radius 2 is 1.84 bits per heavy atom. The van der Waals surface area contributed by atoms with Gasteiger partial charge in [-0.3, -0.25) is 0 Å². The van der Waals surface area contributed by atoms with Gasteiger partial charge in [-0.1, -0.05) is 17.7 Å². The number of hydrogen-bond acceptors (Lipinski definition) is 2. The molecule has 1 aromatic rings. The normalized spacial score (nSPS) is 23.9. The summed E-state index contributed by atoms with van der Waals surface area (Å²) in [5, 5.41) is 4.76. The first-order chi connectivity index (χ1) is 11.3. The van der Waals surface area contributed by atoms with E-state index in [0.717, 1.165) is 6.07 Å². The second-order valence-electron chi connectivity index (χ2n) is 7.10. The summed E-state index contributed by atoms with van der Waals surface area (Å²) in [6, 6.07) is 2.18. The van der Waals surface area contributed by atoms with Crippen molar-refractivity contribution in [3.8, 4) is 0 Å². The maximum Gasteiger partial charge on any atom is 0.391 e. The van der Waals surface area contributed by atoms with Crippen LogP contribution in [0, 0.1) is 23.5 Å². The van der Waals surface area contributed by atoms with Gasteiger partial charge in [-0.15, -0.1) is 0 Å². The van der Waals surface area contributed by atoms with Gasteiger partial charge in [-0.25, -0.2) is 8.78 Å². The van der Waals surface area contributed by atoms with Crippen LogP contribution in [-0.4, -0.2) is 15.5 Å². The maximum absolute atomic E-state index is 14.4. The van der Waals surface area contributed by atoms with Gasteiger partial charge in [-0.05, 0) is 50.2 Å². The molecular weight excluding hydrogens is 385 g/mol. The number of benzene rings is 1. The molecule has 0 aliphatic heterocycles. The van der Waals surface area contributed by atoms with Crippen molar-refractivity contribution in [1.82, 2.24) is 0 Å². The largest absolute Gasteiger partial charge is 0.598 e. The number of rotatable bonds is 5. The summed E-state index contributed by atoms with van der Waals surface area (Å²) >= 11 is 3.85. The van der Waals surface area contributed by atoms with Crippen molar-refractivity contribution in [2.75, 3.05) is 0 Å². The van der Waals surface area contributed by atoms with Gasteiger partial charge in [0.1, 0.15) is 21.4 Å². The highest BCUT2D eigenvalue weighted by Gasteiger charge is 2.51. The first-order valence-electron chi connectivity index (χ1n) is 7.71. The molecule has 0 bridgehead atoms. The lowest BCUT2D eigenvalue weighted by Crippen LogP contribution is -2.43. The van der Waals surface area contributed by atoms with Gasteiger partial charge in [0.05, 0.1) is 5.92 Å². The zero-order chi connectivity index (χ0) is 19.2.